The van der Waals surface area contributed by atoms with E-state index in [1.165, 1.54) is 17.6 Å². The zero-order valence-electron chi connectivity index (χ0n) is 16.8. The summed E-state index contributed by atoms with van der Waals surface area (Å²) < 4.78 is 9.96. The maximum atomic E-state index is 12.2. The molecule has 0 unspecified atom stereocenters. The highest BCUT2D eigenvalue weighted by molar-refractivity contribution is 7.19. The van der Waals surface area contributed by atoms with Crippen LogP contribution in [0.4, 0.5) is 5.13 Å². The van der Waals surface area contributed by atoms with Gasteiger partial charge in [0.15, 0.2) is 5.92 Å². The van der Waals surface area contributed by atoms with Crippen molar-refractivity contribution in [2.75, 3.05) is 13.2 Å². The van der Waals surface area contributed by atoms with Crippen LogP contribution in [0.3, 0.4) is 0 Å². The van der Waals surface area contributed by atoms with Crippen LogP contribution in [-0.2, 0) is 19.1 Å². The van der Waals surface area contributed by atoms with Gasteiger partial charge in [0.2, 0.25) is 5.13 Å². The smallest absolute Gasteiger partial charge is 0.325 e. The molecule has 0 aliphatic rings. The first-order valence-corrected chi connectivity index (χ1v) is 10.4. The molecular weight excluding hydrogens is 400 g/mol. The lowest BCUT2D eigenvalue weighted by atomic mass is 10.1. The highest BCUT2D eigenvalue weighted by Gasteiger charge is 2.28. The summed E-state index contributed by atoms with van der Waals surface area (Å²) in [6.07, 6.45) is 1.25. The second kappa shape index (κ2) is 10.5. The number of hydrogen-bond acceptors (Lipinski definition) is 7. The zero-order chi connectivity index (χ0) is 21.3. The first-order chi connectivity index (χ1) is 14.6. The SMILES string of the molecule is CCOC(=O)C(/C=N/c1nc(-c2ccccc2)c(-c2ccccc2)s1)C(=O)OCC. The predicted octanol–water partition coefficient (Wildman–Crippen LogP) is 4.92. The topological polar surface area (TPSA) is 77.9 Å². The largest absolute Gasteiger partial charge is 0.465 e. The van der Waals surface area contributed by atoms with E-state index in [0.717, 1.165) is 21.7 Å². The number of thiazole rings is 1. The van der Waals surface area contributed by atoms with Gasteiger partial charge in [0.1, 0.15) is 0 Å². The summed E-state index contributed by atoms with van der Waals surface area (Å²) in [6, 6.07) is 19.7. The molecule has 7 heteroatoms. The van der Waals surface area contributed by atoms with Gasteiger partial charge in [-0.1, -0.05) is 72.0 Å². The maximum Gasteiger partial charge on any atom is 0.325 e. The standard InChI is InChI=1S/C23H22N2O4S/c1-3-28-21(26)18(22(27)29-4-2)15-24-23-25-19(16-11-7-5-8-12-16)20(30-23)17-13-9-6-10-14-17/h5-15,18H,3-4H2,1-2H3/b24-15+. The number of ether oxygens (including phenoxy) is 2. The van der Waals surface area contributed by atoms with Crippen LogP contribution in [0.5, 0.6) is 0 Å². The average Bonchev–Trinajstić information content (AvgIpc) is 3.20. The predicted molar refractivity (Wildman–Crippen MR) is 118 cm³/mol. The Kier molecular flexibility index (Phi) is 7.45. The van der Waals surface area contributed by atoms with E-state index in [4.69, 9.17) is 9.47 Å². The van der Waals surface area contributed by atoms with Crippen LogP contribution in [0.1, 0.15) is 13.8 Å². The number of carbonyl (C=O) groups is 2. The van der Waals surface area contributed by atoms with Gasteiger partial charge < -0.3 is 9.47 Å². The zero-order valence-corrected chi connectivity index (χ0v) is 17.6. The molecule has 0 saturated heterocycles. The molecule has 0 fully saturated rings. The summed E-state index contributed by atoms with van der Waals surface area (Å²) in [7, 11) is 0. The van der Waals surface area contributed by atoms with E-state index in [9.17, 15) is 9.59 Å². The Morgan fingerprint density at radius 3 is 2.00 bits per heavy atom. The number of rotatable bonds is 8. The minimum Gasteiger partial charge on any atom is -0.465 e. The molecule has 1 heterocycles. The molecule has 2 aromatic carbocycles. The van der Waals surface area contributed by atoms with Crippen molar-refractivity contribution in [1.82, 2.24) is 4.98 Å². The van der Waals surface area contributed by atoms with Gasteiger partial charge >= 0.3 is 11.9 Å². The second-order valence-electron chi connectivity index (χ2n) is 6.17. The van der Waals surface area contributed by atoms with Crippen molar-refractivity contribution in [2.45, 2.75) is 13.8 Å². The molecule has 6 nitrogen and oxygen atoms in total. The van der Waals surface area contributed by atoms with E-state index in [1.54, 1.807) is 13.8 Å². The summed E-state index contributed by atoms with van der Waals surface area (Å²) in [6.45, 7) is 3.68. The van der Waals surface area contributed by atoms with E-state index in [1.807, 2.05) is 60.7 Å². The van der Waals surface area contributed by atoms with Crippen molar-refractivity contribution >= 4 is 34.6 Å². The van der Waals surface area contributed by atoms with Crippen molar-refractivity contribution in [2.24, 2.45) is 10.9 Å². The summed E-state index contributed by atoms with van der Waals surface area (Å²) in [5.41, 5.74) is 2.77. The molecule has 0 radical (unpaired) electrons. The molecule has 0 atom stereocenters. The van der Waals surface area contributed by atoms with Crippen LogP contribution in [0.15, 0.2) is 65.7 Å². The van der Waals surface area contributed by atoms with Gasteiger partial charge in [0.25, 0.3) is 0 Å². The molecule has 0 spiro atoms. The van der Waals surface area contributed by atoms with E-state index < -0.39 is 17.9 Å². The van der Waals surface area contributed by atoms with Crippen LogP contribution in [0.25, 0.3) is 21.7 Å². The Balaban J connectivity index is 1.98. The number of nitrogens with zero attached hydrogens (tertiary/aromatic N) is 2. The number of benzene rings is 2. The van der Waals surface area contributed by atoms with Crippen molar-refractivity contribution in [3.8, 4) is 21.7 Å². The fourth-order valence-electron chi connectivity index (χ4n) is 2.76. The highest BCUT2D eigenvalue weighted by Crippen LogP contribution is 2.39. The van der Waals surface area contributed by atoms with Gasteiger partial charge in [-0.05, 0) is 19.4 Å². The number of carbonyl (C=O) groups excluding carboxylic acids is 2. The number of hydrogen-bond donors (Lipinski definition) is 0. The van der Waals surface area contributed by atoms with E-state index in [2.05, 4.69) is 9.98 Å². The van der Waals surface area contributed by atoms with Gasteiger partial charge in [0, 0.05) is 11.8 Å². The summed E-state index contributed by atoms with van der Waals surface area (Å²) in [5, 5.41) is 0.436. The minimum absolute atomic E-state index is 0.163. The Hall–Kier alpha value is -3.32. The third-order valence-electron chi connectivity index (χ3n) is 4.11. The van der Waals surface area contributed by atoms with Crippen molar-refractivity contribution in [3.05, 3.63) is 60.7 Å². The molecular formula is C23H22N2O4S. The van der Waals surface area contributed by atoms with Crippen LogP contribution in [-0.4, -0.2) is 36.4 Å². The third kappa shape index (κ3) is 5.18. The Bertz CT molecular complexity index is 941. The molecule has 0 N–H and O–H groups in total. The molecule has 30 heavy (non-hydrogen) atoms. The van der Waals surface area contributed by atoms with Gasteiger partial charge in [-0.15, -0.1) is 0 Å². The van der Waals surface area contributed by atoms with Crippen LogP contribution < -0.4 is 0 Å². The number of aromatic nitrogens is 1. The van der Waals surface area contributed by atoms with Gasteiger partial charge in [-0.2, -0.15) is 0 Å². The van der Waals surface area contributed by atoms with E-state index in [-0.39, 0.29) is 13.2 Å². The van der Waals surface area contributed by atoms with Crippen LogP contribution in [0.2, 0.25) is 0 Å². The Labute approximate surface area is 179 Å². The molecule has 0 bridgehead atoms. The number of aliphatic imine (C=N–C) groups is 1. The molecule has 3 rings (SSSR count). The number of esters is 2. The van der Waals surface area contributed by atoms with Crippen molar-refractivity contribution < 1.29 is 19.1 Å². The average molecular weight is 423 g/mol. The molecule has 0 amide bonds. The summed E-state index contributed by atoms with van der Waals surface area (Å²) in [5.74, 6) is -2.61. The van der Waals surface area contributed by atoms with Gasteiger partial charge in [-0.25, -0.2) is 9.98 Å². The van der Waals surface area contributed by atoms with Gasteiger partial charge in [-0.3, -0.25) is 9.59 Å². The quantitative estimate of drug-likeness (QED) is 0.292. The van der Waals surface area contributed by atoms with Crippen LogP contribution >= 0.6 is 11.3 Å². The van der Waals surface area contributed by atoms with Crippen molar-refractivity contribution in [3.63, 3.8) is 0 Å². The Morgan fingerprint density at radius 2 is 1.47 bits per heavy atom. The minimum atomic E-state index is -1.23. The summed E-state index contributed by atoms with van der Waals surface area (Å²) in [4.78, 5) is 34.3. The molecule has 0 saturated carbocycles. The fraction of sp³-hybridized carbons (Fsp3) is 0.217. The highest BCUT2D eigenvalue weighted by atomic mass is 32.1. The fourth-order valence-corrected chi connectivity index (χ4v) is 3.71. The lowest BCUT2D eigenvalue weighted by Crippen LogP contribution is -2.29. The molecule has 0 aliphatic carbocycles. The van der Waals surface area contributed by atoms with Gasteiger partial charge in [0.05, 0.1) is 23.8 Å². The molecule has 0 aliphatic heterocycles. The first kappa shape index (κ1) is 21.4. The molecule has 154 valence electrons. The van der Waals surface area contributed by atoms with E-state index in [0.29, 0.717) is 5.13 Å². The lowest BCUT2D eigenvalue weighted by molar-refractivity contribution is -0.157. The normalized spacial score (nSPS) is 11.0. The molecule has 3 aromatic rings. The third-order valence-corrected chi connectivity index (χ3v) is 5.13. The second-order valence-corrected chi connectivity index (χ2v) is 7.14. The Morgan fingerprint density at radius 1 is 0.933 bits per heavy atom. The maximum absolute atomic E-state index is 12.2. The van der Waals surface area contributed by atoms with Crippen LogP contribution in [0, 0.1) is 5.92 Å². The lowest BCUT2D eigenvalue weighted by Gasteiger charge is -2.09. The summed E-state index contributed by atoms with van der Waals surface area (Å²) >= 11 is 1.39. The monoisotopic (exact) mass is 422 g/mol. The molecule has 1 aromatic heterocycles. The van der Waals surface area contributed by atoms with E-state index >= 15 is 0 Å². The van der Waals surface area contributed by atoms with Crippen molar-refractivity contribution in [1.29, 1.82) is 0 Å². The first-order valence-electron chi connectivity index (χ1n) is 9.63.